The first-order valence-corrected chi connectivity index (χ1v) is 7.74. The first-order valence-electron chi connectivity index (χ1n) is 6.98. The molecule has 0 radical (unpaired) electrons. The van der Waals surface area contributed by atoms with Crippen molar-refractivity contribution in [3.8, 4) is 5.75 Å². The molecule has 2 aromatic rings. The van der Waals surface area contributed by atoms with Crippen LogP contribution < -0.4 is 5.32 Å². The number of halogens is 2. The monoisotopic (exact) mass is 337 g/mol. The number of para-hydroxylation sites is 1. The van der Waals surface area contributed by atoms with Crippen molar-refractivity contribution in [1.29, 1.82) is 0 Å². The van der Waals surface area contributed by atoms with Crippen LogP contribution in [0.3, 0.4) is 0 Å². The predicted molar refractivity (Wildman–Crippen MR) is 89.4 cm³/mol. The Morgan fingerprint density at radius 3 is 2.64 bits per heavy atom. The van der Waals surface area contributed by atoms with Crippen molar-refractivity contribution in [2.24, 2.45) is 0 Å². The molecule has 0 heterocycles. The molecule has 1 amide bonds. The van der Waals surface area contributed by atoms with E-state index in [1.165, 1.54) is 0 Å². The number of phenolic OH excluding ortho intramolecular Hbond substituents is 1. The van der Waals surface area contributed by atoms with E-state index >= 15 is 0 Å². The molecule has 0 bridgehead atoms. The van der Waals surface area contributed by atoms with Crippen LogP contribution in [0, 0.1) is 0 Å². The van der Waals surface area contributed by atoms with E-state index in [-0.39, 0.29) is 17.7 Å². The third kappa shape index (κ3) is 4.39. The normalized spacial score (nSPS) is 12.0. The maximum absolute atomic E-state index is 12.0. The third-order valence-electron chi connectivity index (χ3n) is 3.42. The van der Waals surface area contributed by atoms with Crippen LogP contribution in [0.4, 0.5) is 0 Å². The zero-order valence-corrected chi connectivity index (χ0v) is 13.7. The fourth-order valence-electron chi connectivity index (χ4n) is 2.21. The number of rotatable bonds is 5. The highest BCUT2D eigenvalue weighted by Crippen LogP contribution is 2.26. The fourth-order valence-corrected chi connectivity index (χ4v) is 2.79. The molecule has 3 nitrogen and oxygen atoms in total. The lowest BCUT2D eigenvalue weighted by atomic mass is 10.1. The molecule has 0 saturated heterocycles. The van der Waals surface area contributed by atoms with Crippen molar-refractivity contribution in [2.45, 2.75) is 25.8 Å². The molecule has 0 unspecified atom stereocenters. The van der Waals surface area contributed by atoms with E-state index < -0.39 is 0 Å². The fraction of sp³-hybridized carbons (Fsp3) is 0.235. The van der Waals surface area contributed by atoms with Gasteiger partial charge in [-0.2, -0.15) is 0 Å². The molecule has 0 aliphatic carbocycles. The van der Waals surface area contributed by atoms with Gasteiger partial charge in [0, 0.05) is 16.5 Å². The summed E-state index contributed by atoms with van der Waals surface area (Å²) in [6.45, 7) is 1.87. The summed E-state index contributed by atoms with van der Waals surface area (Å²) in [5.74, 6) is 0.117. The van der Waals surface area contributed by atoms with Crippen molar-refractivity contribution < 1.29 is 9.90 Å². The van der Waals surface area contributed by atoms with Crippen LogP contribution in [0.1, 0.15) is 30.5 Å². The Hall–Kier alpha value is -1.71. The number of hydrogen-bond donors (Lipinski definition) is 2. The minimum Gasteiger partial charge on any atom is -0.508 e. The zero-order valence-electron chi connectivity index (χ0n) is 12.1. The van der Waals surface area contributed by atoms with Crippen molar-refractivity contribution in [3.05, 3.63) is 63.6 Å². The van der Waals surface area contributed by atoms with Crippen LogP contribution >= 0.6 is 23.2 Å². The Kier molecular flexibility index (Phi) is 5.69. The molecule has 5 heteroatoms. The number of carbonyl (C=O) groups excluding carboxylic acids is 1. The second kappa shape index (κ2) is 7.52. The van der Waals surface area contributed by atoms with E-state index in [4.69, 9.17) is 23.2 Å². The summed E-state index contributed by atoms with van der Waals surface area (Å²) >= 11 is 12.0. The van der Waals surface area contributed by atoms with Crippen LogP contribution in [0.25, 0.3) is 0 Å². The molecule has 2 N–H and O–H groups in total. The van der Waals surface area contributed by atoms with Gasteiger partial charge >= 0.3 is 0 Å². The second-order valence-corrected chi connectivity index (χ2v) is 5.93. The predicted octanol–water partition coefficient (Wildman–Crippen LogP) is 4.51. The Bertz CT molecular complexity index is 673. The first kappa shape index (κ1) is 16.7. The third-order valence-corrected chi connectivity index (χ3v) is 3.98. The van der Waals surface area contributed by atoms with Gasteiger partial charge in [-0.15, -0.1) is 0 Å². The SMILES string of the molecule is C[C@H](NC(=O)CCc1ccccc1O)c1ccc(Cl)cc1Cl. The number of phenols is 1. The van der Waals surface area contributed by atoms with Gasteiger partial charge in [0.1, 0.15) is 5.75 Å². The number of hydrogen-bond acceptors (Lipinski definition) is 2. The van der Waals surface area contributed by atoms with Gasteiger partial charge < -0.3 is 10.4 Å². The zero-order chi connectivity index (χ0) is 16.1. The largest absolute Gasteiger partial charge is 0.508 e. The van der Waals surface area contributed by atoms with Crippen molar-refractivity contribution in [2.75, 3.05) is 0 Å². The molecule has 0 fully saturated rings. The lowest BCUT2D eigenvalue weighted by molar-refractivity contribution is -0.121. The van der Waals surface area contributed by atoms with Crippen molar-refractivity contribution in [3.63, 3.8) is 0 Å². The first-order chi connectivity index (χ1) is 10.5. The van der Waals surface area contributed by atoms with Crippen LogP contribution in [-0.4, -0.2) is 11.0 Å². The van der Waals surface area contributed by atoms with E-state index in [1.54, 1.807) is 30.3 Å². The number of aromatic hydroxyl groups is 1. The summed E-state index contributed by atoms with van der Waals surface area (Å²) in [6.07, 6.45) is 0.784. The molecule has 0 spiro atoms. The number of benzene rings is 2. The van der Waals surface area contributed by atoms with Gasteiger partial charge in [-0.25, -0.2) is 0 Å². The highest BCUT2D eigenvalue weighted by Gasteiger charge is 2.13. The number of aryl methyl sites for hydroxylation is 1. The molecular weight excluding hydrogens is 321 g/mol. The van der Waals surface area contributed by atoms with E-state index in [9.17, 15) is 9.90 Å². The summed E-state index contributed by atoms with van der Waals surface area (Å²) in [5.41, 5.74) is 1.58. The molecule has 116 valence electrons. The van der Waals surface area contributed by atoms with E-state index in [2.05, 4.69) is 5.32 Å². The van der Waals surface area contributed by atoms with Gasteiger partial charge in [-0.1, -0.05) is 47.5 Å². The summed E-state index contributed by atoms with van der Waals surface area (Å²) in [4.78, 5) is 12.0. The maximum atomic E-state index is 12.0. The van der Waals surface area contributed by atoms with Gasteiger partial charge in [-0.05, 0) is 42.7 Å². The van der Waals surface area contributed by atoms with E-state index in [0.717, 1.165) is 11.1 Å². The van der Waals surface area contributed by atoms with Crippen molar-refractivity contribution >= 4 is 29.1 Å². The van der Waals surface area contributed by atoms with Gasteiger partial charge in [0.2, 0.25) is 5.91 Å². The summed E-state index contributed by atoms with van der Waals surface area (Å²) in [6, 6.07) is 12.0. The van der Waals surface area contributed by atoms with Gasteiger partial charge in [0.15, 0.2) is 0 Å². The number of amides is 1. The Morgan fingerprint density at radius 2 is 1.95 bits per heavy atom. The topological polar surface area (TPSA) is 49.3 Å². The highest BCUT2D eigenvalue weighted by molar-refractivity contribution is 6.35. The number of nitrogens with one attached hydrogen (secondary N) is 1. The standard InChI is InChI=1S/C17H17Cl2NO2/c1-11(14-8-7-13(18)10-15(14)19)20-17(22)9-6-12-4-2-3-5-16(12)21/h2-5,7-8,10-11,21H,6,9H2,1H3,(H,20,22)/t11-/m0/s1. The Labute approximate surface area is 139 Å². The maximum Gasteiger partial charge on any atom is 0.220 e. The molecule has 0 aromatic heterocycles. The molecule has 1 atom stereocenters. The Morgan fingerprint density at radius 1 is 1.23 bits per heavy atom. The smallest absolute Gasteiger partial charge is 0.220 e. The molecule has 2 aromatic carbocycles. The van der Waals surface area contributed by atoms with E-state index in [0.29, 0.717) is 22.9 Å². The minimum absolute atomic E-state index is 0.0956. The lowest BCUT2D eigenvalue weighted by Gasteiger charge is -2.16. The molecule has 0 aliphatic heterocycles. The van der Waals surface area contributed by atoms with E-state index in [1.807, 2.05) is 19.1 Å². The quantitative estimate of drug-likeness (QED) is 0.843. The summed E-state index contributed by atoms with van der Waals surface area (Å²) in [5, 5.41) is 13.7. The molecule has 0 aliphatic rings. The average molecular weight is 338 g/mol. The van der Waals surface area contributed by atoms with Gasteiger partial charge in [-0.3, -0.25) is 4.79 Å². The van der Waals surface area contributed by atoms with Gasteiger partial charge in [0.05, 0.1) is 6.04 Å². The van der Waals surface area contributed by atoms with Crippen LogP contribution in [0.5, 0.6) is 5.75 Å². The highest BCUT2D eigenvalue weighted by atomic mass is 35.5. The summed E-state index contributed by atoms with van der Waals surface area (Å²) in [7, 11) is 0. The molecule has 22 heavy (non-hydrogen) atoms. The molecular formula is C17H17Cl2NO2. The average Bonchev–Trinajstić information content (AvgIpc) is 2.46. The molecule has 0 saturated carbocycles. The van der Waals surface area contributed by atoms with Crippen LogP contribution in [0.2, 0.25) is 10.0 Å². The van der Waals surface area contributed by atoms with Crippen molar-refractivity contribution in [1.82, 2.24) is 5.32 Å². The number of carbonyl (C=O) groups is 1. The lowest BCUT2D eigenvalue weighted by Crippen LogP contribution is -2.27. The Balaban J connectivity index is 1.93. The van der Waals surface area contributed by atoms with Crippen LogP contribution in [-0.2, 0) is 11.2 Å². The van der Waals surface area contributed by atoms with Gasteiger partial charge in [0.25, 0.3) is 0 Å². The second-order valence-electron chi connectivity index (χ2n) is 5.08. The minimum atomic E-state index is -0.207. The van der Waals surface area contributed by atoms with Crippen LogP contribution in [0.15, 0.2) is 42.5 Å². The molecule has 2 rings (SSSR count). The summed E-state index contributed by atoms with van der Waals surface area (Å²) < 4.78 is 0.